The molecule has 5 heteroatoms. The fourth-order valence-corrected chi connectivity index (χ4v) is 2.09. The lowest BCUT2D eigenvalue weighted by Gasteiger charge is -2.37. The van der Waals surface area contributed by atoms with Gasteiger partial charge in [-0.05, 0) is 25.5 Å². The van der Waals surface area contributed by atoms with Gasteiger partial charge in [-0.2, -0.15) is 0 Å². The Morgan fingerprint density at radius 2 is 2.24 bits per heavy atom. The molecule has 1 aromatic rings. The molecule has 1 aliphatic heterocycles. The van der Waals surface area contributed by atoms with Crippen LogP contribution >= 0.6 is 12.4 Å². The second-order valence-electron chi connectivity index (χ2n) is 4.60. The summed E-state index contributed by atoms with van der Waals surface area (Å²) in [5.74, 6) is -0.256. The number of piperazine rings is 1. The third-order valence-electron chi connectivity index (χ3n) is 3.04. The maximum Gasteiger partial charge on any atom is 0.141 e. The molecule has 1 aliphatic rings. The number of halogens is 2. The van der Waals surface area contributed by atoms with Crippen molar-refractivity contribution in [2.75, 3.05) is 13.1 Å². The summed E-state index contributed by atoms with van der Waals surface area (Å²) < 4.78 is 13.0. The van der Waals surface area contributed by atoms with Crippen molar-refractivity contribution in [1.82, 2.24) is 15.2 Å². The highest BCUT2D eigenvalue weighted by atomic mass is 35.5. The topological polar surface area (TPSA) is 28.2 Å². The van der Waals surface area contributed by atoms with Crippen LogP contribution in [-0.2, 0) is 6.54 Å². The van der Waals surface area contributed by atoms with Crippen molar-refractivity contribution < 1.29 is 4.39 Å². The Morgan fingerprint density at radius 1 is 1.47 bits per heavy atom. The molecule has 2 atom stereocenters. The molecular weight excluding hydrogens is 241 g/mol. The van der Waals surface area contributed by atoms with Crippen molar-refractivity contribution in [2.24, 2.45) is 0 Å². The molecule has 0 saturated carbocycles. The zero-order valence-corrected chi connectivity index (χ0v) is 11.0. The average Bonchev–Trinajstić information content (AvgIpc) is 2.24. The molecule has 1 N–H and O–H groups in total. The molecule has 2 rings (SSSR count). The van der Waals surface area contributed by atoms with Crippen LogP contribution in [0.15, 0.2) is 18.5 Å². The molecule has 1 fully saturated rings. The van der Waals surface area contributed by atoms with Crippen molar-refractivity contribution in [1.29, 1.82) is 0 Å². The fraction of sp³-hybridized carbons (Fsp3) is 0.583. The average molecular weight is 260 g/mol. The summed E-state index contributed by atoms with van der Waals surface area (Å²) in [4.78, 5) is 6.24. The van der Waals surface area contributed by atoms with Gasteiger partial charge in [-0.3, -0.25) is 9.88 Å². The van der Waals surface area contributed by atoms with Gasteiger partial charge in [0.1, 0.15) is 5.82 Å². The van der Waals surface area contributed by atoms with Crippen molar-refractivity contribution >= 4 is 12.4 Å². The molecule has 1 aromatic heterocycles. The third kappa shape index (κ3) is 3.91. The van der Waals surface area contributed by atoms with E-state index in [2.05, 4.69) is 29.0 Å². The number of aromatic nitrogens is 1. The number of nitrogens with one attached hydrogen (secondary N) is 1. The highest BCUT2D eigenvalue weighted by molar-refractivity contribution is 5.85. The van der Waals surface area contributed by atoms with Crippen LogP contribution in [0.25, 0.3) is 0 Å². The SMILES string of the molecule is CC1CN(Cc2cncc(F)c2)C(C)CN1.Cl. The number of hydrogen-bond donors (Lipinski definition) is 1. The van der Waals surface area contributed by atoms with Crippen LogP contribution < -0.4 is 5.32 Å². The first-order chi connectivity index (χ1) is 7.65. The van der Waals surface area contributed by atoms with Crippen molar-refractivity contribution in [3.63, 3.8) is 0 Å². The molecule has 0 aliphatic carbocycles. The molecule has 0 amide bonds. The van der Waals surface area contributed by atoms with Gasteiger partial charge in [0.2, 0.25) is 0 Å². The zero-order valence-electron chi connectivity index (χ0n) is 10.2. The summed E-state index contributed by atoms with van der Waals surface area (Å²) in [5, 5.41) is 3.43. The standard InChI is InChI=1S/C12H18FN3.ClH/c1-9-7-16(10(2)4-15-9)8-11-3-12(13)6-14-5-11;/h3,5-6,9-10,15H,4,7-8H2,1-2H3;1H. The molecule has 0 spiro atoms. The van der Waals surface area contributed by atoms with Gasteiger partial charge in [-0.25, -0.2) is 4.39 Å². The van der Waals surface area contributed by atoms with Crippen molar-refractivity contribution in [3.05, 3.63) is 29.8 Å². The minimum atomic E-state index is -0.256. The maximum atomic E-state index is 13.0. The molecule has 0 radical (unpaired) electrons. The molecule has 2 unspecified atom stereocenters. The van der Waals surface area contributed by atoms with Crippen LogP contribution in [0.5, 0.6) is 0 Å². The molecule has 2 heterocycles. The predicted octanol–water partition coefficient (Wildman–Crippen LogP) is 1.82. The van der Waals surface area contributed by atoms with Crippen molar-refractivity contribution in [3.8, 4) is 0 Å². The van der Waals surface area contributed by atoms with Crippen LogP contribution in [0.2, 0.25) is 0 Å². The first kappa shape index (κ1) is 14.4. The summed E-state index contributed by atoms with van der Waals surface area (Å²) in [6.45, 7) is 7.12. The van der Waals surface area contributed by atoms with Crippen LogP contribution in [-0.4, -0.2) is 35.1 Å². The Balaban J connectivity index is 0.00000144. The van der Waals surface area contributed by atoms with E-state index in [1.807, 2.05) is 0 Å². The van der Waals surface area contributed by atoms with E-state index in [-0.39, 0.29) is 18.2 Å². The predicted molar refractivity (Wildman–Crippen MR) is 68.8 cm³/mol. The van der Waals surface area contributed by atoms with Crippen LogP contribution in [0, 0.1) is 5.82 Å². The summed E-state index contributed by atoms with van der Waals surface area (Å²) in [6, 6.07) is 2.55. The van der Waals surface area contributed by atoms with E-state index in [9.17, 15) is 4.39 Å². The highest BCUT2D eigenvalue weighted by Gasteiger charge is 2.22. The van der Waals surface area contributed by atoms with Gasteiger partial charge in [-0.15, -0.1) is 12.4 Å². The molecule has 1 saturated heterocycles. The minimum Gasteiger partial charge on any atom is -0.311 e. The normalized spacial score (nSPS) is 25.4. The number of pyridine rings is 1. The van der Waals surface area contributed by atoms with Crippen LogP contribution in [0.4, 0.5) is 4.39 Å². The molecular formula is C12H19ClFN3. The molecule has 0 aromatic carbocycles. The molecule has 3 nitrogen and oxygen atoms in total. The Hall–Kier alpha value is -0.710. The lowest BCUT2D eigenvalue weighted by Crippen LogP contribution is -2.53. The second kappa shape index (κ2) is 6.28. The lowest BCUT2D eigenvalue weighted by molar-refractivity contribution is 0.138. The Morgan fingerprint density at radius 3 is 2.94 bits per heavy atom. The van der Waals surface area contributed by atoms with E-state index in [4.69, 9.17) is 0 Å². The molecule has 17 heavy (non-hydrogen) atoms. The summed E-state index contributed by atoms with van der Waals surface area (Å²) in [6.07, 6.45) is 2.98. The zero-order chi connectivity index (χ0) is 11.5. The van der Waals surface area contributed by atoms with Gasteiger partial charge in [0, 0.05) is 37.9 Å². The second-order valence-corrected chi connectivity index (χ2v) is 4.60. The number of rotatable bonds is 2. The summed E-state index contributed by atoms with van der Waals surface area (Å²) in [5.41, 5.74) is 0.945. The molecule has 96 valence electrons. The smallest absolute Gasteiger partial charge is 0.141 e. The van der Waals surface area contributed by atoms with E-state index < -0.39 is 0 Å². The fourth-order valence-electron chi connectivity index (χ4n) is 2.09. The van der Waals surface area contributed by atoms with E-state index in [1.165, 1.54) is 6.20 Å². The summed E-state index contributed by atoms with van der Waals surface area (Å²) >= 11 is 0. The number of hydrogen-bond acceptors (Lipinski definition) is 3. The Bertz CT molecular complexity index is 361. The first-order valence-corrected chi connectivity index (χ1v) is 5.72. The number of nitrogens with zero attached hydrogens (tertiary/aromatic N) is 2. The van der Waals surface area contributed by atoms with Gasteiger partial charge < -0.3 is 5.32 Å². The van der Waals surface area contributed by atoms with Crippen LogP contribution in [0.1, 0.15) is 19.4 Å². The van der Waals surface area contributed by atoms with Gasteiger partial charge in [-0.1, -0.05) is 0 Å². The summed E-state index contributed by atoms with van der Waals surface area (Å²) in [7, 11) is 0. The minimum absolute atomic E-state index is 0. The quantitative estimate of drug-likeness (QED) is 0.878. The third-order valence-corrected chi connectivity index (χ3v) is 3.04. The largest absolute Gasteiger partial charge is 0.311 e. The first-order valence-electron chi connectivity index (χ1n) is 5.72. The van der Waals surface area contributed by atoms with Crippen LogP contribution in [0.3, 0.4) is 0 Å². The Kier molecular flexibility index (Phi) is 5.31. The van der Waals surface area contributed by atoms with Gasteiger partial charge in [0.05, 0.1) is 6.20 Å². The lowest BCUT2D eigenvalue weighted by atomic mass is 10.1. The van der Waals surface area contributed by atoms with E-state index in [0.29, 0.717) is 12.1 Å². The van der Waals surface area contributed by atoms with E-state index >= 15 is 0 Å². The molecule has 0 bridgehead atoms. The van der Waals surface area contributed by atoms with Gasteiger partial charge in [0.25, 0.3) is 0 Å². The Labute approximate surface area is 108 Å². The van der Waals surface area contributed by atoms with Gasteiger partial charge in [0.15, 0.2) is 0 Å². The van der Waals surface area contributed by atoms with Gasteiger partial charge >= 0.3 is 0 Å². The monoisotopic (exact) mass is 259 g/mol. The highest BCUT2D eigenvalue weighted by Crippen LogP contribution is 2.12. The maximum absolute atomic E-state index is 13.0. The van der Waals surface area contributed by atoms with Crippen molar-refractivity contribution in [2.45, 2.75) is 32.5 Å². The van der Waals surface area contributed by atoms with E-state index in [1.54, 1.807) is 12.3 Å². The van der Waals surface area contributed by atoms with E-state index in [0.717, 1.165) is 25.2 Å².